The van der Waals surface area contributed by atoms with Gasteiger partial charge in [-0.25, -0.2) is 9.48 Å². The minimum Gasteiger partial charge on any atom is -0.467 e. The molecule has 2 N–H and O–H groups in total. The molecule has 9 heteroatoms. The minimum absolute atomic E-state index is 0.236. The van der Waals surface area contributed by atoms with Crippen molar-refractivity contribution < 1.29 is 23.5 Å². The first-order chi connectivity index (χ1) is 17.0. The molecule has 35 heavy (non-hydrogen) atoms. The van der Waals surface area contributed by atoms with Crippen LogP contribution in [0.2, 0.25) is 0 Å². The van der Waals surface area contributed by atoms with Crippen molar-refractivity contribution in [1.29, 1.82) is 0 Å². The van der Waals surface area contributed by atoms with Gasteiger partial charge in [0.1, 0.15) is 11.3 Å². The Labute approximate surface area is 201 Å². The van der Waals surface area contributed by atoms with Crippen LogP contribution in [0.1, 0.15) is 49.5 Å². The van der Waals surface area contributed by atoms with Crippen molar-refractivity contribution in [3.05, 3.63) is 101 Å². The quantitative estimate of drug-likeness (QED) is 0.373. The first-order valence-corrected chi connectivity index (χ1v) is 11.0. The van der Waals surface area contributed by atoms with Gasteiger partial charge < -0.3 is 19.8 Å². The maximum absolute atomic E-state index is 12.9. The average Bonchev–Trinajstić information content (AvgIpc) is 3.53. The second kappa shape index (κ2) is 10.5. The number of amides is 2. The van der Waals surface area contributed by atoms with Crippen molar-refractivity contribution in [2.75, 3.05) is 11.9 Å². The smallest absolute Gasteiger partial charge is 0.341 e. The molecule has 0 saturated carbocycles. The van der Waals surface area contributed by atoms with E-state index >= 15 is 0 Å². The fourth-order valence-electron chi connectivity index (χ4n) is 3.49. The summed E-state index contributed by atoms with van der Waals surface area (Å²) in [5.41, 5.74) is 2.83. The zero-order valence-electron chi connectivity index (χ0n) is 19.3. The molecule has 4 aromatic rings. The summed E-state index contributed by atoms with van der Waals surface area (Å²) >= 11 is 0. The van der Waals surface area contributed by atoms with Crippen LogP contribution in [0.15, 0.2) is 77.5 Å². The molecule has 0 aliphatic rings. The van der Waals surface area contributed by atoms with Crippen molar-refractivity contribution in [1.82, 2.24) is 15.1 Å². The molecule has 0 spiro atoms. The van der Waals surface area contributed by atoms with Gasteiger partial charge in [-0.1, -0.05) is 12.1 Å². The van der Waals surface area contributed by atoms with E-state index in [0.29, 0.717) is 39.5 Å². The standard InChI is InChI=1S/C26H24N4O5/c1-3-34-26(33)22-16-28-30(17(22)2)19-12-10-18(11-13-19)24(31)29-23-9-5-4-8-21(23)25(32)27-15-20-7-6-14-35-20/h4-14,16H,3,15H2,1-2H3,(H,27,32)(H,29,31). The molecular formula is C26H24N4O5. The highest BCUT2D eigenvalue weighted by atomic mass is 16.5. The number of furan rings is 1. The fraction of sp³-hybridized carbons (Fsp3) is 0.154. The Kier molecular flexibility index (Phi) is 7.06. The number of esters is 1. The third-order valence-corrected chi connectivity index (χ3v) is 5.30. The second-order valence-corrected chi connectivity index (χ2v) is 7.58. The molecule has 0 aliphatic heterocycles. The molecule has 0 fully saturated rings. The topological polar surface area (TPSA) is 115 Å². The number of ether oxygens (including phenoxy) is 1. The van der Waals surface area contributed by atoms with Gasteiger partial charge in [-0.2, -0.15) is 5.10 Å². The van der Waals surface area contributed by atoms with Crippen LogP contribution in [-0.2, 0) is 11.3 Å². The number of benzene rings is 2. The molecule has 9 nitrogen and oxygen atoms in total. The van der Waals surface area contributed by atoms with E-state index in [1.165, 1.54) is 12.5 Å². The molecule has 2 aromatic carbocycles. The van der Waals surface area contributed by atoms with Gasteiger partial charge in [-0.3, -0.25) is 9.59 Å². The van der Waals surface area contributed by atoms with Gasteiger partial charge in [-0.05, 0) is 62.4 Å². The maximum atomic E-state index is 12.9. The van der Waals surface area contributed by atoms with Gasteiger partial charge in [0.2, 0.25) is 0 Å². The van der Waals surface area contributed by atoms with Crippen LogP contribution >= 0.6 is 0 Å². The summed E-state index contributed by atoms with van der Waals surface area (Å²) < 4.78 is 11.9. The highest BCUT2D eigenvalue weighted by Crippen LogP contribution is 2.19. The monoisotopic (exact) mass is 472 g/mol. The van der Waals surface area contributed by atoms with Crippen molar-refractivity contribution in [2.24, 2.45) is 0 Å². The Balaban J connectivity index is 1.46. The number of hydrogen-bond donors (Lipinski definition) is 2. The fourth-order valence-corrected chi connectivity index (χ4v) is 3.49. The summed E-state index contributed by atoms with van der Waals surface area (Å²) in [4.78, 5) is 37.6. The molecule has 0 bridgehead atoms. The number of anilines is 1. The predicted molar refractivity (Wildman–Crippen MR) is 129 cm³/mol. The lowest BCUT2D eigenvalue weighted by Gasteiger charge is -2.12. The van der Waals surface area contributed by atoms with Crippen molar-refractivity contribution >= 4 is 23.5 Å². The summed E-state index contributed by atoms with van der Waals surface area (Å²) in [6.07, 6.45) is 3.00. The molecule has 0 radical (unpaired) electrons. The SMILES string of the molecule is CCOC(=O)c1cnn(-c2ccc(C(=O)Nc3ccccc3C(=O)NCc3ccco3)cc2)c1C. The Morgan fingerprint density at radius 2 is 1.74 bits per heavy atom. The van der Waals surface area contributed by atoms with Gasteiger partial charge in [0.15, 0.2) is 0 Å². The molecule has 2 amide bonds. The van der Waals surface area contributed by atoms with Crippen molar-refractivity contribution in [3.8, 4) is 5.69 Å². The van der Waals surface area contributed by atoms with E-state index in [2.05, 4.69) is 15.7 Å². The second-order valence-electron chi connectivity index (χ2n) is 7.58. The molecule has 0 unspecified atom stereocenters. The Morgan fingerprint density at radius 1 is 0.971 bits per heavy atom. The summed E-state index contributed by atoms with van der Waals surface area (Å²) in [6, 6.07) is 17.0. The zero-order valence-corrected chi connectivity index (χ0v) is 19.3. The van der Waals surface area contributed by atoms with Crippen LogP contribution in [0, 0.1) is 6.92 Å². The van der Waals surface area contributed by atoms with Crippen LogP contribution in [0.5, 0.6) is 0 Å². The molecule has 2 heterocycles. The lowest BCUT2D eigenvalue weighted by Crippen LogP contribution is -2.24. The first kappa shape index (κ1) is 23.5. The number of nitrogens with zero attached hydrogens (tertiary/aromatic N) is 2. The number of carbonyl (C=O) groups excluding carboxylic acids is 3. The van der Waals surface area contributed by atoms with Gasteiger partial charge in [-0.15, -0.1) is 0 Å². The first-order valence-electron chi connectivity index (χ1n) is 11.0. The van der Waals surface area contributed by atoms with E-state index in [0.717, 1.165) is 0 Å². The Morgan fingerprint density at radius 3 is 2.46 bits per heavy atom. The largest absolute Gasteiger partial charge is 0.467 e. The van der Waals surface area contributed by atoms with Crippen LogP contribution in [0.4, 0.5) is 5.69 Å². The highest BCUT2D eigenvalue weighted by Gasteiger charge is 2.17. The van der Waals surface area contributed by atoms with Gasteiger partial charge in [0.05, 0.1) is 48.2 Å². The van der Waals surface area contributed by atoms with E-state index in [1.54, 1.807) is 79.2 Å². The number of carbonyl (C=O) groups is 3. The van der Waals surface area contributed by atoms with Gasteiger partial charge in [0.25, 0.3) is 11.8 Å². The number of nitrogens with one attached hydrogen (secondary N) is 2. The molecule has 0 aliphatic carbocycles. The summed E-state index contributed by atoms with van der Waals surface area (Å²) in [7, 11) is 0. The molecule has 0 saturated heterocycles. The van der Waals surface area contributed by atoms with Crippen LogP contribution in [0.25, 0.3) is 5.69 Å². The average molecular weight is 473 g/mol. The van der Waals surface area contributed by atoms with Crippen LogP contribution in [-0.4, -0.2) is 34.2 Å². The summed E-state index contributed by atoms with van der Waals surface area (Å²) in [5.74, 6) is -0.507. The molecule has 4 rings (SSSR count). The molecule has 0 atom stereocenters. The minimum atomic E-state index is -0.431. The number of para-hydroxylation sites is 1. The van der Waals surface area contributed by atoms with Gasteiger partial charge >= 0.3 is 5.97 Å². The van der Waals surface area contributed by atoms with E-state index in [4.69, 9.17) is 9.15 Å². The van der Waals surface area contributed by atoms with E-state index in [-0.39, 0.29) is 25.0 Å². The lowest BCUT2D eigenvalue weighted by atomic mass is 10.1. The van der Waals surface area contributed by atoms with Crippen molar-refractivity contribution in [3.63, 3.8) is 0 Å². The van der Waals surface area contributed by atoms with Crippen molar-refractivity contribution in [2.45, 2.75) is 20.4 Å². The normalized spacial score (nSPS) is 10.6. The summed E-state index contributed by atoms with van der Waals surface area (Å²) in [6.45, 7) is 4.03. The number of rotatable bonds is 8. The van der Waals surface area contributed by atoms with Crippen LogP contribution < -0.4 is 10.6 Å². The number of aromatic nitrogens is 2. The molecule has 178 valence electrons. The lowest BCUT2D eigenvalue weighted by molar-refractivity contribution is 0.0525. The van der Waals surface area contributed by atoms with Crippen LogP contribution in [0.3, 0.4) is 0 Å². The predicted octanol–water partition coefficient (Wildman–Crippen LogP) is 4.13. The Bertz CT molecular complexity index is 1340. The van der Waals surface area contributed by atoms with E-state index in [9.17, 15) is 14.4 Å². The third kappa shape index (κ3) is 5.30. The summed E-state index contributed by atoms with van der Waals surface area (Å²) in [5, 5.41) is 9.84. The van der Waals surface area contributed by atoms with E-state index in [1.807, 2.05) is 0 Å². The highest BCUT2D eigenvalue weighted by molar-refractivity contribution is 6.09. The zero-order chi connectivity index (χ0) is 24.8. The number of hydrogen-bond acceptors (Lipinski definition) is 6. The van der Waals surface area contributed by atoms with Gasteiger partial charge in [0, 0.05) is 5.56 Å². The maximum Gasteiger partial charge on any atom is 0.341 e. The van der Waals surface area contributed by atoms with E-state index < -0.39 is 5.97 Å². The third-order valence-electron chi connectivity index (χ3n) is 5.30. The Hall–Kier alpha value is -4.66. The molecular weight excluding hydrogens is 448 g/mol. The molecule has 2 aromatic heterocycles.